The summed E-state index contributed by atoms with van der Waals surface area (Å²) in [5.74, 6) is 0.836. The van der Waals surface area contributed by atoms with Gasteiger partial charge in [-0.3, -0.25) is 4.79 Å². The lowest BCUT2D eigenvalue weighted by Crippen LogP contribution is -2.36. The molecule has 0 atom stereocenters. The maximum absolute atomic E-state index is 10.0. The van der Waals surface area contributed by atoms with Gasteiger partial charge in [0.05, 0.1) is 5.38 Å². The maximum Gasteiger partial charge on any atom is 0.142 e. The average Bonchev–Trinajstić information content (AvgIpc) is 2.60. The number of allylic oxidation sites excluding steroid dienone is 3. The molecule has 1 heterocycles. The van der Waals surface area contributed by atoms with Gasteiger partial charge in [0.2, 0.25) is 0 Å². The van der Waals surface area contributed by atoms with Crippen molar-refractivity contribution in [1.29, 1.82) is 0 Å². The van der Waals surface area contributed by atoms with E-state index in [0.29, 0.717) is 0 Å². The van der Waals surface area contributed by atoms with Gasteiger partial charge in [0.1, 0.15) is 20.1 Å². The quantitative estimate of drug-likeness (QED) is 0.338. The highest BCUT2D eigenvalue weighted by atomic mass is 28.3. The van der Waals surface area contributed by atoms with Gasteiger partial charge in [0.15, 0.2) is 0 Å². The number of hydrogen-bond donors (Lipinski definition) is 0. The Bertz CT molecular complexity index is 381. The third-order valence-electron chi connectivity index (χ3n) is 1.93. The molecule has 0 unspecified atom stereocenters. The summed E-state index contributed by atoms with van der Waals surface area (Å²) in [6.07, 6.45) is 7.52. The van der Waals surface area contributed by atoms with Crippen LogP contribution in [0.15, 0.2) is 34.8 Å². The maximum atomic E-state index is 10.0. The van der Waals surface area contributed by atoms with Gasteiger partial charge in [-0.15, -0.1) is 0 Å². The molecule has 0 aliphatic heterocycles. The van der Waals surface area contributed by atoms with Crippen molar-refractivity contribution >= 4 is 25.8 Å². The summed E-state index contributed by atoms with van der Waals surface area (Å²) in [7, 11) is -1.34. The molecule has 3 heteroatoms. The Balaban J connectivity index is 2.73. The minimum Gasteiger partial charge on any atom is -0.467 e. The van der Waals surface area contributed by atoms with E-state index in [4.69, 9.17) is 4.42 Å². The lowest BCUT2D eigenvalue weighted by atomic mass is 10.4. The summed E-state index contributed by atoms with van der Waals surface area (Å²) < 4.78 is 5.68. The molecule has 0 aromatic carbocycles. The molecule has 1 aromatic rings. The minimum absolute atomic E-state index is 0.750. The third-order valence-corrected chi connectivity index (χ3v) is 3.67. The molecule has 0 spiro atoms. The van der Waals surface area contributed by atoms with Crippen LogP contribution in [0.1, 0.15) is 5.76 Å². The first kappa shape index (κ1) is 11.7. The highest BCUT2D eigenvalue weighted by molar-refractivity contribution is 6.87. The van der Waals surface area contributed by atoms with Crippen molar-refractivity contribution in [2.24, 2.45) is 0 Å². The summed E-state index contributed by atoms with van der Waals surface area (Å²) >= 11 is 0. The van der Waals surface area contributed by atoms with Gasteiger partial charge in [-0.05, 0) is 24.3 Å². The summed E-state index contributed by atoms with van der Waals surface area (Å²) in [4.78, 5) is 10.0. The van der Waals surface area contributed by atoms with Gasteiger partial charge >= 0.3 is 0 Å². The smallest absolute Gasteiger partial charge is 0.142 e. The van der Waals surface area contributed by atoms with Gasteiger partial charge in [-0.2, -0.15) is 0 Å². The highest BCUT2D eigenvalue weighted by Gasteiger charge is 2.20. The standard InChI is InChI=1S/C12H16O2Si/c1-15(2,3)12-9-8-11(14-12)7-5-4-6-10-13/h4-10H,1-3H3. The predicted molar refractivity (Wildman–Crippen MR) is 65.9 cm³/mol. The summed E-state index contributed by atoms with van der Waals surface area (Å²) in [6.45, 7) is 6.73. The molecule has 15 heavy (non-hydrogen) atoms. The molecular formula is C12H16O2Si. The van der Waals surface area contributed by atoms with E-state index in [1.165, 1.54) is 6.08 Å². The van der Waals surface area contributed by atoms with E-state index in [1.54, 1.807) is 12.2 Å². The van der Waals surface area contributed by atoms with Crippen molar-refractivity contribution in [2.45, 2.75) is 19.6 Å². The van der Waals surface area contributed by atoms with E-state index in [9.17, 15) is 4.79 Å². The number of carbonyl (C=O) groups excluding carboxylic acids is 1. The highest BCUT2D eigenvalue weighted by Crippen LogP contribution is 2.08. The Morgan fingerprint density at radius 1 is 1.13 bits per heavy atom. The molecule has 0 aliphatic carbocycles. The Morgan fingerprint density at radius 2 is 1.87 bits per heavy atom. The van der Waals surface area contributed by atoms with Gasteiger partial charge < -0.3 is 4.42 Å². The largest absolute Gasteiger partial charge is 0.467 e. The van der Waals surface area contributed by atoms with E-state index in [-0.39, 0.29) is 0 Å². The number of furan rings is 1. The van der Waals surface area contributed by atoms with Gasteiger partial charge in [0, 0.05) is 0 Å². The van der Waals surface area contributed by atoms with Crippen molar-refractivity contribution in [3.63, 3.8) is 0 Å². The van der Waals surface area contributed by atoms with Crippen LogP contribution in [0.4, 0.5) is 0 Å². The van der Waals surface area contributed by atoms with Crippen molar-refractivity contribution in [3.05, 3.63) is 36.1 Å². The molecular weight excluding hydrogens is 204 g/mol. The normalized spacial score (nSPS) is 12.7. The average molecular weight is 220 g/mol. The topological polar surface area (TPSA) is 30.2 Å². The molecule has 1 aromatic heterocycles. The van der Waals surface area contributed by atoms with Crippen molar-refractivity contribution in [1.82, 2.24) is 0 Å². The molecule has 0 saturated heterocycles. The summed E-state index contributed by atoms with van der Waals surface area (Å²) in [6, 6.07) is 3.99. The van der Waals surface area contributed by atoms with Crippen molar-refractivity contribution in [2.75, 3.05) is 0 Å². The first-order chi connectivity index (χ1) is 7.04. The fourth-order valence-corrected chi connectivity index (χ4v) is 2.11. The fourth-order valence-electron chi connectivity index (χ4n) is 1.11. The summed E-state index contributed by atoms with van der Waals surface area (Å²) in [5.41, 5.74) is 0. The lowest BCUT2D eigenvalue weighted by Gasteiger charge is -2.10. The predicted octanol–water partition coefficient (Wildman–Crippen LogP) is 2.59. The van der Waals surface area contributed by atoms with Crippen molar-refractivity contribution in [3.8, 4) is 0 Å². The molecule has 0 N–H and O–H groups in total. The molecule has 0 bridgehead atoms. The Labute approximate surface area is 91.3 Å². The number of aldehydes is 1. The van der Waals surface area contributed by atoms with Crippen LogP contribution in [-0.2, 0) is 4.79 Å². The van der Waals surface area contributed by atoms with Crippen LogP contribution in [0, 0.1) is 0 Å². The van der Waals surface area contributed by atoms with Crippen LogP contribution in [0.3, 0.4) is 0 Å². The van der Waals surface area contributed by atoms with Crippen LogP contribution >= 0.6 is 0 Å². The second kappa shape index (κ2) is 4.93. The summed E-state index contributed by atoms with van der Waals surface area (Å²) in [5, 5.41) is 1.10. The zero-order valence-corrected chi connectivity index (χ0v) is 10.4. The lowest BCUT2D eigenvalue weighted by molar-refractivity contribution is -0.104. The molecule has 2 nitrogen and oxygen atoms in total. The van der Waals surface area contributed by atoms with Gasteiger partial charge in [-0.1, -0.05) is 31.8 Å². The van der Waals surface area contributed by atoms with Crippen LogP contribution < -0.4 is 5.38 Å². The molecule has 0 saturated carbocycles. The Morgan fingerprint density at radius 3 is 2.40 bits per heavy atom. The number of rotatable bonds is 4. The molecule has 0 radical (unpaired) electrons. The van der Waals surface area contributed by atoms with E-state index >= 15 is 0 Å². The molecule has 80 valence electrons. The second-order valence-electron chi connectivity index (χ2n) is 4.33. The second-order valence-corrected chi connectivity index (χ2v) is 9.32. The molecule has 0 aliphatic rings. The Hall–Kier alpha value is -1.35. The third kappa shape index (κ3) is 3.71. The zero-order valence-electron chi connectivity index (χ0n) is 9.36. The van der Waals surface area contributed by atoms with E-state index in [1.807, 2.05) is 18.2 Å². The molecule has 1 rings (SSSR count). The van der Waals surface area contributed by atoms with Gasteiger partial charge in [-0.25, -0.2) is 0 Å². The minimum atomic E-state index is -1.34. The SMILES string of the molecule is C[Si](C)(C)c1ccc(C=CC=CC=O)o1. The van der Waals surface area contributed by atoms with Crippen LogP contribution in [0.5, 0.6) is 0 Å². The van der Waals surface area contributed by atoms with Gasteiger partial charge in [0.25, 0.3) is 0 Å². The van der Waals surface area contributed by atoms with Crippen LogP contribution in [0.25, 0.3) is 6.08 Å². The molecule has 0 amide bonds. The zero-order chi connectivity index (χ0) is 11.3. The van der Waals surface area contributed by atoms with Crippen molar-refractivity contribution < 1.29 is 9.21 Å². The molecule has 0 fully saturated rings. The first-order valence-electron chi connectivity index (χ1n) is 4.93. The fraction of sp³-hybridized carbons (Fsp3) is 0.250. The van der Waals surface area contributed by atoms with E-state index in [2.05, 4.69) is 19.6 Å². The van der Waals surface area contributed by atoms with Crippen LogP contribution in [-0.4, -0.2) is 14.4 Å². The van der Waals surface area contributed by atoms with E-state index in [0.717, 1.165) is 17.4 Å². The Kier molecular flexibility index (Phi) is 3.86. The monoisotopic (exact) mass is 220 g/mol. The van der Waals surface area contributed by atoms with Crippen LogP contribution in [0.2, 0.25) is 19.6 Å². The number of hydrogen-bond acceptors (Lipinski definition) is 2. The first-order valence-corrected chi connectivity index (χ1v) is 8.43. The van der Waals surface area contributed by atoms with E-state index < -0.39 is 8.07 Å². The number of carbonyl (C=O) groups is 1.